The molecular formula is C19H21N. The Kier molecular flexibility index (Phi) is 3.68. The minimum absolute atomic E-state index is 0.365. The summed E-state index contributed by atoms with van der Waals surface area (Å²) in [6.45, 7) is 6.10. The van der Waals surface area contributed by atoms with E-state index in [1.54, 1.807) is 0 Å². The smallest absolute Gasteiger partial charge is 0.0668 e. The molecule has 0 aromatic heterocycles. The van der Waals surface area contributed by atoms with E-state index in [1.165, 1.54) is 16.7 Å². The fourth-order valence-electron chi connectivity index (χ4n) is 3.29. The van der Waals surface area contributed by atoms with Gasteiger partial charge in [0.25, 0.3) is 0 Å². The van der Waals surface area contributed by atoms with Gasteiger partial charge in [0, 0.05) is 18.1 Å². The molecule has 1 nitrogen and oxygen atoms in total. The van der Waals surface area contributed by atoms with Crippen LogP contribution in [-0.2, 0) is 6.42 Å². The summed E-state index contributed by atoms with van der Waals surface area (Å²) in [7, 11) is 0. The molecule has 20 heavy (non-hydrogen) atoms. The molecule has 3 atom stereocenters. The molecule has 0 amide bonds. The lowest BCUT2D eigenvalue weighted by Gasteiger charge is -2.32. The van der Waals surface area contributed by atoms with Gasteiger partial charge in [-0.3, -0.25) is 4.99 Å². The average molecular weight is 263 g/mol. The summed E-state index contributed by atoms with van der Waals surface area (Å²) in [4.78, 5) is 4.72. The molecule has 2 aliphatic rings. The van der Waals surface area contributed by atoms with Crippen LogP contribution in [0.15, 0.2) is 54.1 Å². The van der Waals surface area contributed by atoms with Crippen LogP contribution < -0.4 is 0 Å². The van der Waals surface area contributed by atoms with Crippen molar-refractivity contribution >= 4 is 12.3 Å². The van der Waals surface area contributed by atoms with E-state index < -0.39 is 0 Å². The van der Waals surface area contributed by atoms with Gasteiger partial charge < -0.3 is 0 Å². The van der Waals surface area contributed by atoms with Crippen molar-refractivity contribution in [3.8, 4) is 0 Å². The van der Waals surface area contributed by atoms with Crippen LogP contribution in [0.4, 0.5) is 0 Å². The summed E-state index contributed by atoms with van der Waals surface area (Å²) in [6, 6.07) is 7.13. The van der Waals surface area contributed by atoms with Gasteiger partial charge in [0.2, 0.25) is 0 Å². The van der Waals surface area contributed by atoms with Crippen LogP contribution in [0.2, 0.25) is 0 Å². The van der Waals surface area contributed by atoms with Crippen molar-refractivity contribution in [3.63, 3.8) is 0 Å². The number of aryl methyl sites for hydroxylation is 1. The highest BCUT2D eigenvalue weighted by Crippen LogP contribution is 2.36. The molecule has 3 rings (SSSR count). The number of allylic oxidation sites excluding steroid dienone is 2. The van der Waals surface area contributed by atoms with Crippen molar-refractivity contribution in [1.29, 1.82) is 0 Å². The van der Waals surface area contributed by atoms with Crippen LogP contribution in [0.3, 0.4) is 0 Å². The number of dihydropyridines is 1. The van der Waals surface area contributed by atoms with Crippen LogP contribution in [-0.4, -0.2) is 12.3 Å². The van der Waals surface area contributed by atoms with Gasteiger partial charge in [0.15, 0.2) is 0 Å². The summed E-state index contributed by atoms with van der Waals surface area (Å²) in [5.74, 6) is 0.957. The van der Waals surface area contributed by atoms with E-state index in [0.29, 0.717) is 17.9 Å². The summed E-state index contributed by atoms with van der Waals surface area (Å²) in [6.07, 6.45) is 15.1. The van der Waals surface area contributed by atoms with E-state index >= 15 is 0 Å². The Labute approximate surface area is 121 Å². The lowest BCUT2D eigenvalue weighted by molar-refractivity contribution is 0.449. The summed E-state index contributed by atoms with van der Waals surface area (Å²) < 4.78 is 0. The Balaban J connectivity index is 1.97. The average Bonchev–Trinajstić information content (AvgIpc) is 2.53. The van der Waals surface area contributed by atoms with Crippen molar-refractivity contribution in [2.75, 3.05) is 0 Å². The Bertz CT molecular complexity index is 592. The number of rotatable bonds is 3. The Morgan fingerprint density at radius 3 is 3.05 bits per heavy atom. The van der Waals surface area contributed by atoms with E-state index in [9.17, 15) is 0 Å². The third-order valence-corrected chi connectivity index (χ3v) is 4.41. The molecule has 1 aromatic carbocycles. The molecule has 0 bridgehead atoms. The van der Waals surface area contributed by atoms with E-state index in [-0.39, 0.29) is 0 Å². The zero-order chi connectivity index (χ0) is 13.9. The molecule has 1 aliphatic heterocycles. The zero-order valence-electron chi connectivity index (χ0n) is 12.0. The first-order chi connectivity index (χ1) is 9.83. The van der Waals surface area contributed by atoms with Gasteiger partial charge in [-0.25, -0.2) is 0 Å². The molecule has 3 unspecified atom stereocenters. The predicted molar refractivity (Wildman–Crippen MR) is 87.3 cm³/mol. The van der Waals surface area contributed by atoms with E-state index in [2.05, 4.69) is 56.0 Å². The largest absolute Gasteiger partial charge is 0.288 e. The second-order valence-electron chi connectivity index (χ2n) is 5.54. The number of aliphatic imine (C=N–C) groups is 1. The third kappa shape index (κ3) is 2.29. The molecule has 0 fully saturated rings. The number of hydrogen-bond acceptors (Lipinski definition) is 1. The first-order valence-electron chi connectivity index (χ1n) is 7.45. The van der Waals surface area contributed by atoms with E-state index in [1.807, 2.05) is 12.3 Å². The number of nitrogens with zero attached hydrogens (tertiary/aromatic N) is 1. The van der Waals surface area contributed by atoms with Gasteiger partial charge in [0.05, 0.1) is 6.04 Å². The number of benzene rings is 1. The van der Waals surface area contributed by atoms with Crippen LogP contribution in [0.25, 0.3) is 6.08 Å². The fourth-order valence-corrected chi connectivity index (χ4v) is 3.29. The van der Waals surface area contributed by atoms with Crippen LogP contribution in [0.1, 0.15) is 36.0 Å². The highest BCUT2D eigenvalue weighted by atomic mass is 14.8. The van der Waals surface area contributed by atoms with Gasteiger partial charge in [0.1, 0.15) is 0 Å². The van der Waals surface area contributed by atoms with Crippen molar-refractivity contribution in [1.82, 2.24) is 0 Å². The summed E-state index contributed by atoms with van der Waals surface area (Å²) in [5, 5.41) is 0. The standard InChI is InChI=1S/C19H21N/c1-3-14-10-11-17(13-15(14)4-2)18-9-5-7-16-8-6-12-20-19(16)18/h3,5-6,8-13,16,18-19H,1,4,7H2,2H3. The van der Waals surface area contributed by atoms with Gasteiger partial charge in [-0.15, -0.1) is 0 Å². The fraction of sp³-hybridized carbons (Fsp3) is 0.316. The minimum Gasteiger partial charge on any atom is -0.288 e. The molecule has 1 aromatic rings. The van der Waals surface area contributed by atoms with E-state index in [4.69, 9.17) is 4.99 Å². The quantitative estimate of drug-likeness (QED) is 0.709. The minimum atomic E-state index is 0.365. The Hall–Kier alpha value is -1.89. The summed E-state index contributed by atoms with van der Waals surface area (Å²) in [5.41, 5.74) is 4.01. The summed E-state index contributed by atoms with van der Waals surface area (Å²) >= 11 is 0. The van der Waals surface area contributed by atoms with Crippen LogP contribution in [0.5, 0.6) is 0 Å². The first-order valence-corrected chi connectivity index (χ1v) is 7.45. The molecular weight excluding hydrogens is 242 g/mol. The number of hydrogen-bond donors (Lipinski definition) is 0. The molecule has 0 radical (unpaired) electrons. The van der Waals surface area contributed by atoms with Gasteiger partial charge in [-0.1, -0.05) is 56.0 Å². The molecule has 0 spiro atoms. The molecule has 1 heterocycles. The van der Waals surface area contributed by atoms with Crippen molar-refractivity contribution < 1.29 is 0 Å². The second-order valence-corrected chi connectivity index (χ2v) is 5.54. The SMILES string of the molecule is C=Cc1ccc(C2C=CCC3C=CC=NC32)cc1CC. The van der Waals surface area contributed by atoms with Crippen LogP contribution in [0, 0.1) is 5.92 Å². The predicted octanol–water partition coefficient (Wildman–Crippen LogP) is 4.56. The van der Waals surface area contributed by atoms with Crippen LogP contribution >= 0.6 is 0 Å². The Morgan fingerprint density at radius 2 is 2.25 bits per heavy atom. The topological polar surface area (TPSA) is 12.4 Å². The normalized spacial score (nSPS) is 27.4. The molecule has 0 N–H and O–H groups in total. The van der Waals surface area contributed by atoms with E-state index in [0.717, 1.165) is 12.8 Å². The van der Waals surface area contributed by atoms with Gasteiger partial charge in [-0.2, -0.15) is 0 Å². The second kappa shape index (κ2) is 5.62. The third-order valence-electron chi connectivity index (χ3n) is 4.41. The monoisotopic (exact) mass is 263 g/mol. The maximum absolute atomic E-state index is 4.72. The first kappa shape index (κ1) is 13.1. The molecule has 0 saturated carbocycles. The zero-order valence-corrected chi connectivity index (χ0v) is 12.0. The van der Waals surface area contributed by atoms with Gasteiger partial charge in [-0.05, 0) is 35.6 Å². The van der Waals surface area contributed by atoms with Crippen molar-refractivity contribution in [3.05, 3.63) is 65.8 Å². The molecule has 0 saturated heterocycles. The highest BCUT2D eigenvalue weighted by molar-refractivity contribution is 5.72. The van der Waals surface area contributed by atoms with Crippen molar-refractivity contribution in [2.24, 2.45) is 10.9 Å². The highest BCUT2D eigenvalue weighted by Gasteiger charge is 2.30. The maximum atomic E-state index is 4.72. The maximum Gasteiger partial charge on any atom is 0.0668 e. The van der Waals surface area contributed by atoms with Gasteiger partial charge >= 0.3 is 0 Å². The molecule has 1 heteroatoms. The number of fused-ring (bicyclic) bond motifs is 1. The lowest BCUT2D eigenvalue weighted by Crippen LogP contribution is -2.28. The molecule has 1 aliphatic carbocycles. The Morgan fingerprint density at radius 1 is 1.35 bits per heavy atom. The van der Waals surface area contributed by atoms with Crippen molar-refractivity contribution in [2.45, 2.75) is 31.7 Å². The lowest BCUT2D eigenvalue weighted by atomic mass is 9.77. The molecule has 102 valence electrons.